The molecule has 3 aromatic rings. The minimum absolute atomic E-state index is 0.137. The number of hydrogen-bond acceptors (Lipinski definition) is 6. The Morgan fingerprint density at radius 1 is 1.14 bits per heavy atom. The van der Waals surface area contributed by atoms with E-state index in [2.05, 4.69) is 22.5 Å². The molecule has 2 atom stereocenters. The van der Waals surface area contributed by atoms with Crippen LogP contribution in [0.4, 0.5) is 28.9 Å². The molecule has 3 heterocycles. The first-order valence-electron chi connectivity index (χ1n) is 14.3. The molecular formula is C31H36F4N3O2PS. The summed E-state index contributed by atoms with van der Waals surface area (Å²) < 4.78 is 75.2. The molecule has 2 aliphatic heterocycles. The van der Waals surface area contributed by atoms with Gasteiger partial charge in [-0.2, -0.15) is 13.2 Å². The lowest BCUT2D eigenvalue weighted by atomic mass is 10.0. The molecule has 0 aliphatic carbocycles. The number of thiophene rings is 1. The van der Waals surface area contributed by atoms with E-state index in [9.17, 15) is 22.1 Å². The third-order valence-electron chi connectivity index (χ3n) is 8.04. The van der Waals surface area contributed by atoms with Crippen LogP contribution in [0.3, 0.4) is 0 Å². The minimum atomic E-state index is -4.40. The van der Waals surface area contributed by atoms with Crippen molar-refractivity contribution in [1.82, 2.24) is 4.90 Å². The first kappa shape index (κ1) is 30.7. The molecule has 226 valence electrons. The molecule has 0 radical (unpaired) electrons. The molecule has 42 heavy (non-hydrogen) atoms. The van der Waals surface area contributed by atoms with E-state index in [1.807, 2.05) is 30.1 Å². The van der Waals surface area contributed by atoms with Gasteiger partial charge in [0.15, 0.2) is 0 Å². The smallest absolute Gasteiger partial charge is 0.393 e. The fraction of sp³-hybridized carbons (Fsp3) is 0.484. The largest absolute Gasteiger partial charge is 0.495 e. The molecule has 11 heteroatoms. The normalized spacial score (nSPS) is 21.0. The number of piperidine rings is 1. The van der Waals surface area contributed by atoms with Gasteiger partial charge in [-0.15, -0.1) is 11.3 Å². The molecule has 0 unspecified atom stereocenters. The van der Waals surface area contributed by atoms with Gasteiger partial charge >= 0.3 is 6.18 Å². The van der Waals surface area contributed by atoms with Crippen molar-refractivity contribution in [2.75, 3.05) is 56.7 Å². The highest BCUT2D eigenvalue weighted by atomic mass is 32.1. The summed E-state index contributed by atoms with van der Waals surface area (Å²) in [6, 6.07) is 10.3. The molecule has 0 spiro atoms. The summed E-state index contributed by atoms with van der Waals surface area (Å²) in [5.74, 6) is 6.49. The van der Waals surface area contributed by atoms with E-state index in [-0.39, 0.29) is 12.1 Å². The zero-order chi connectivity index (χ0) is 29.9. The monoisotopic (exact) mass is 621 g/mol. The Balaban J connectivity index is 1.37. The van der Waals surface area contributed by atoms with Crippen molar-refractivity contribution in [2.24, 2.45) is 0 Å². The lowest BCUT2D eigenvalue weighted by molar-refractivity contribution is -0.126. The zero-order valence-corrected chi connectivity index (χ0v) is 25.5. The number of halogens is 4. The first-order valence-corrected chi connectivity index (χ1v) is 17.2. The van der Waals surface area contributed by atoms with Gasteiger partial charge in [-0.25, -0.2) is 4.39 Å². The number of nitrogens with one attached hydrogen (secondary N) is 2. The van der Waals surface area contributed by atoms with Gasteiger partial charge in [-0.1, -0.05) is 30.4 Å². The Bertz CT molecular complexity index is 1520. The number of methoxy groups -OCH3 is 1. The molecule has 2 N–H and O–H groups in total. The fourth-order valence-electron chi connectivity index (χ4n) is 5.80. The van der Waals surface area contributed by atoms with E-state index in [0.717, 1.165) is 31.1 Å². The van der Waals surface area contributed by atoms with Crippen molar-refractivity contribution in [3.05, 3.63) is 46.8 Å². The predicted molar refractivity (Wildman–Crippen MR) is 165 cm³/mol. The van der Waals surface area contributed by atoms with Crippen molar-refractivity contribution in [3.8, 4) is 17.6 Å². The van der Waals surface area contributed by atoms with Crippen molar-refractivity contribution < 1.29 is 26.9 Å². The van der Waals surface area contributed by atoms with Crippen LogP contribution in [0.5, 0.6) is 5.75 Å². The Hall–Kier alpha value is -2.73. The molecular weight excluding hydrogens is 585 g/mol. The Kier molecular flexibility index (Phi) is 9.41. The first-order chi connectivity index (χ1) is 20.1. The van der Waals surface area contributed by atoms with Gasteiger partial charge in [0.25, 0.3) is 0 Å². The molecule has 0 amide bonds. The van der Waals surface area contributed by atoms with Crippen molar-refractivity contribution in [1.29, 1.82) is 0 Å². The van der Waals surface area contributed by atoms with Crippen molar-refractivity contribution >= 4 is 45.2 Å². The fourth-order valence-corrected chi connectivity index (χ4v) is 9.88. The number of hydrogen-bond donors (Lipinski definition) is 2. The minimum Gasteiger partial charge on any atom is -0.495 e. The quantitative estimate of drug-likeness (QED) is 0.168. The van der Waals surface area contributed by atoms with Crippen molar-refractivity contribution in [3.63, 3.8) is 0 Å². The Labute approximate surface area is 248 Å². The lowest BCUT2D eigenvalue weighted by Crippen LogP contribution is -2.46. The van der Waals surface area contributed by atoms with E-state index in [1.54, 1.807) is 25.3 Å². The van der Waals surface area contributed by atoms with Crippen LogP contribution >= 0.6 is 18.5 Å². The van der Waals surface area contributed by atoms with Gasteiger partial charge in [0.2, 0.25) is 0 Å². The molecule has 2 aromatic carbocycles. The van der Waals surface area contributed by atoms with Crippen LogP contribution in [-0.4, -0.2) is 69.4 Å². The van der Waals surface area contributed by atoms with Crippen LogP contribution in [-0.2, 0) is 11.0 Å². The van der Waals surface area contributed by atoms with E-state index in [0.29, 0.717) is 57.4 Å². The second kappa shape index (κ2) is 12.9. The maximum absolute atomic E-state index is 14.7. The number of fused-ring (bicyclic) bond motifs is 1. The van der Waals surface area contributed by atoms with Gasteiger partial charge in [0, 0.05) is 30.7 Å². The maximum Gasteiger partial charge on any atom is 0.393 e. The number of benzene rings is 2. The highest BCUT2D eigenvalue weighted by molar-refractivity contribution is 7.71. The summed E-state index contributed by atoms with van der Waals surface area (Å²) in [5.41, 5.74) is 1.44. The van der Waals surface area contributed by atoms with Gasteiger partial charge in [0.05, 0.1) is 47.1 Å². The number of rotatable bonds is 7. The summed E-state index contributed by atoms with van der Waals surface area (Å²) in [6.07, 6.45) is -1.49. The Morgan fingerprint density at radius 3 is 2.64 bits per heavy atom. The molecule has 5 rings (SSSR count). The number of likely N-dealkylation sites (tertiary alicyclic amines) is 1. The van der Waals surface area contributed by atoms with Crippen LogP contribution in [0.15, 0.2) is 36.4 Å². The summed E-state index contributed by atoms with van der Waals surface area (Å²) in [5, 5.41) is 7.76. The van der Waals surface area contributed by atoms with Crippen molar-refractivity contribution in [2.45, 2.75) is 50.5 Å². The van der Waals surface area contributed by atoms with Gasteiger partial charge < -0.3 is 24.8 Å². The number of alkyl halides is 4. The highest BCUT2D eigenvalue weighted by Crippen LogP contribution is 2.50. The summed E-state index contributed by atoms with van der Waals surface area (Å²) in [4.78, 5) is 2.27. The summed E-state index contributed by atoms with van der Waals surface area (Å²) in [6.45, 7) is 1.24. The summed E-state index contributed by atoms with van der Waals surface area (Å²) in [7, 11) is 1.01. The van der Waals surface area contributed by atoms with E-state index in [4.69, 9.17) is 4.74 Å². The molecule has 0 saturated carbocycles. The summed E-state index contributed by atoms with van der Waals surface area (Å²) >= 11 is 1.20. The molecule has 5 nitrogen and oxygen atoms in total. The maximum atomic E-state index is 14.7. The van der Waals surface area contributed by atoms with Crippen LogP contribution in [0, 0.1) is 11.8 Å². The van der Waals surface area contributed by atoms with Gasteiger partial charge in [0.1, 0.15) is 19.1 Å². The standard InChI is InChI=1S/C31H36F4N3O2PS/c1-38-15-13-25(24(32)20-38)37-27-9-6-8-22-23(19-31(33,34)35)29(42-30(22)27)10-7-14-36-26-12-11-21(18-28(26)40-2)41(39)16-4-3-5-17-41/h6,8-9,11-12,18,24-25,36-37H,3-5,13-17,19-20H2,1-2H3/t24-,25+/m1/s1. The average molecular weight is 622 g/mol. The third-order valence-corrected chi connectivity index (χ3v) is 12.5. The van der Waals surface area contributed by atoms with Crippen LogP contribution in [0.25, 0.3) is 10.1 Å². The van der Waals surface area contributed by atoms with E-state index >= 15 is 0 Å². The lowest BCUT2D eigenvalue weighted by Gasteiger charge is -2.33. The van der Waals surface area contributed by atoms with Crippen LogP contribution in [0.1, 0.15) is 36.1 Å². The SMILES string of the molecule is COc1cc(P2(=O)CCCCC2)ccc1NCC#Cc1sc2c(N[C@H]3CCN(C)C[C@H]3F)cccc2c1CC(F)(F)F. The molecule has 2 fully saturated rings. The van der Waals surface area contributed by atoms with E-state index < -0.39 is 32.0 Å². The van der Waals surface area contributed by atoms with Crippen LogP contribution < -0.4 is 20.7 Å². The molecule has 1 aromatic heterocycles. The predicted octanol–water partition coefficient (Wildman–Crippen LogP) is 7.10. The second-order valence-corrected chi connectivity index (χ2v) is 15.3. The average Bonchev–Trinajstić information content (AvgIpc) is 3.29. The topological polar surface area (TPSA) is 53.6 Å². The molecule has 0 bridgehead atoms. The zero-order valence-electron chi connectivity index (χ0n) is 23.8. The van der Waals surface area contributed by atoms with Crippen LogP contribution in [0.2, 0.25) is 0 Å². The Morgan fingerprint density at radius 2 is 1.93 bits per heavy atom. The van der Waals surface area contributed by atoms with Gasteiger partial charge in [-0.3, -0.25) is 0 Å². The van der Waals surface area contributed by atoms with E-state index in [1.165, 1.54) is 11.3 Å². The molecule has 2 saturated heterocycles. The molecule has 2 aliphatic rings. The number of anilines is 2. The highest BCUT2D eigenvalue weighted by Gasteiger charge is 2.32. The van der Waals surface area contributed by atoms with Gasteiger partial charge in [-0.05, 0) is 61.5 Å². The number of nitrogens with zero attached hydrogens (tertiary/aromatic N) is 1. The number of ether oxygens (including phenoxy) is 1. The third kappa shape index (κ3) is 7.07. The second-order valence-electron chi connectivity index (χ2n) is 11.1.